The van der Waals surface area contributed by atoms with Crippen LogP contribution in [-0.4, -0.2) is 75.0 Å². The van der Waals surface area contributed by atoms with Crippen LogP contribution in [0.1, 0.15) is 19.8 Å². The molecule has 0 bridgehead atoms. The van der Waals surface area contributed by atoms with Crippen molar-refractivity contribution in [1.82, 2.24) is 20.4 Å². The van der Waals surface area contributed by atoms with Crippen LogP contribution in [-0.2, 0) is 9.59 Å². The molecule has 1 aliphatic heterocycles. The summed E-state index contributed by atoms with van der Waals surface area (Å²) >= 11 is 0. The van der Waals surface area contributed by atoms with Gasteiger partial charge in [-0.1, -0.05) is 0 Å². The Labute approximate surface area is 121 Å². The molecule has 0 aromatic rings. The number of rotatable bonds is 7. The number of likely N-dealkylation sites (tertiary alicyclic amines) is 1. The van der Waals surface area contributed by atoms with Crippen LogP contribution in [0, 0.1) is 5.92 Å². The highest BCUT2D eigenvalue weighted by molar-refractivity contribution is 5.78. The van der Waals surface area contributed by atoms with E-state index < -0.39 is 0 Å². The van der Waals surface area contributed by atoms with Gasteiger partial charge in [-0.2, -0.15) is 0 Å². The second-order valence-corrected chi connectivity index (χ2v) is 5.54. The first-order valence-electron chi connectivity index (χ1n) is 7.43. The zero-order valence-electron chi connectivity index (χ0n) is 12.9. The number of hydrogen-bond donors (Lipinski definition) is 2. The maximum absolute atomic E-state index is 11.5. The molecule has 0 aliphatic carbocycles. The number of nitrogens with zero attached hydrogens (tertiary/aromatic N) is 2. The van der Waals surface area contributed by atoms with E-state index >= 15 is 0 Å². The summed E-state index contributed by atoms with van der Waals surface area (Å²) in [6.07, 6.45) is 2.19. The number of likely N-dealkylation sites (N-methyl/N-ethyl adjacent to an activating group) is 3. The Morgan fingerprint density at radius 1 is 1.25 bits per heavy atom. The van der Waals surface area contributed by atoms with E-state index in [9.17, 15) is 9.59 Å². The van der Waals surface area contributed by atoms with Crippen LogP contribution in [0.3, 0.4) is 0 Å². The van der Waals surface area contributed by atoms with E-state index in [1.807, 2.05) is 14.0 Å². The van der Waals surface area contributed by atoms with Gasteiger partial charge >= 0.3 is 0 Å². The van der Waals surface area contributed by atoms with Crippen molar-refractivity contribution >= 4 is 11.8 Å². The Kier molecular flexibility index (Phi) is 7.54. The molecule has 1 fully saturated rings. The third-order valence-electron chi connectivity index (χ3n) is 3.71. The summed E-state index contributed by atoms with van der Waals surface area (Å²) in [5.41, 5.74) is 0. The molecule has 1 heterocycles. The van der Waals surface area contributed by atoms with Crippen molar-refractivity contribution in [2.24, 2.45) is 5.92 Å². The Bertz CT molecular complexity index is 314. The molecule has 0 aromatic carbocycles. The maximum atomic E-state index is 11.5. The minimum Gasteiger partial charge on any atom is -0.358 e. The van der Waals surface area contributed by atoms with Gasteiger partial charge in [-0.15, -0.1) is 0 Å². The molecule has 0 radical (unpaired) electrons. The van der Waals surface area contributed by atoms with Crippen LogP contribution in [0.5, 0.6) is 0 Å². The van der Waals surface area contributed by atoms with Crippen LogP contribution in [0.25, 0.3) is 0 Å². The lowest BCUT2D eigenvalue weighted by Crippen LogP contribution is -2.43. The Morgan fingerprint density at radius 3 is 2.45 bits per heavy atom. The molecule has 116 valence electrons. The van der Waals surface area contributed by atoms with Crippen molar-refractivity contribution in [1.29, 1.82) is 0 Å². The lowest BCUT2D eigenvalue weighted by Gasteiger charge is -2.33. The van der Waals surface area contributed by atoms with Crippen molar-refractivity contribution in [2.45, 2.75) is 19.8 Å². The summed E-state index contributed by atoms with van der Waals surface area (Å²) in [5.74, 6) is 0.791. The fourth-order valence-corrected chi connectivity index (χ4v) is 2.61. The average molecular weight is 284 g/mol. The van der Waals surface area contributed by atoms with Crippen molar-refractivity contribution in [3.8, 4) is 0 Å². The van der Waals surface area contributed by atoms with E-state index in [1.165, 1.54) is 0 Å². The van der Waals surface area contributed by atoms with Gasteiger partial charge in [-0.25, -0.2) is 0 Å². The van der Waals surface area contributed by atoms with E-state index in [1.54, 1.807) is 7.05 Å². The van der Waals surface area contributed by atoms with Crippen molar-refractivity contribution < 1.29 is 9.59 Å². The first kappa shape index (κ1) is 16.9. The van der Waals surface area contributed by atoms with Gasteiger partial charge < -0.3 is 10.6 Å². The van der Waals surface area contributed by atoms with E-state index in [2.05, 4.69) is 20.4 Å². The van der Waals surface area contributed by atoms with Crippen LogP contribution in [0.15, 0.2) is 0 Å². The van der Waals surface area contributed by atoms with Crippen LogP contribution >= 0.6 is 0 Å². The monoisotopic (exact) mass is 284 g/mol. The molecule has 20 heavy (non-hydrogen) atoms. The van der Waals surface area contributed by atoms with Gasteiger partial charge in [0.05, 0.1) is 13.1 Å². The van der Waals surface area contributed by atoms with Gasteiger partial charge in [0.25, 0.3) is 0 Å². The van der Waals surface area contributed by atoms with Crippen LogP contribution in [0.4, 0.5) is 0 Å². The predicted octanol–water partition coefficient (Wildman–Crippen LogP) is -0.488. The number of nitrogens with one attached hydrogen (secondary N) is 2. The quantitative estimate of drug-likeness (QED) is 0.662. The zero-order chi connectivity index (χ0) is 15.0. The average Bonchev–Trinajstić information content (AvgIpc) is 2.41. The summed E-state index contributed by atoms with van der Waals surface area (Å²) in [5, 5.41) is 5.47. The Morgan fingerprint density at radius 2 is 1.90 bits per heavy atom. The minimum absolute atomic E-state index is 0.0804. The first-order valence-corrected chi connectivity index (χ1v) is 7.43. The summed E-state index contributed by atoms with van der Waals surface area (Å²) in [7, 11) is 3.66. The number of piperidine rings is 1. The fraction of sp³-hybridized carbons (Fsp3) is 0.857. The molecule has 0 atom stereocenters. The van der Waals surface area contributed by atoms with Crippen LogP contribution in [0.2, 0.25) is 0 Å². The van der Waals surface area contributed by atoms with E-state index in [-0.39, 0.29) is 11.8 Å². The summed E-state index contributed by atoms with van der Waals surface area (Å²) in [6, 6.07) is 0. The first-order chi connectivity index (χ1) is 9.55. The highest BCUT2D eigenvalue weighted by Crippen LogP contribution is 2.17. The summed E-state index contributed by atoms with van der Waals surface area (Å²) in [6.45, 7) is 6.46. The molecule has 1 saturated heterocycles. The van der Waals surface area contributed by atoms with Gasteiger partial charge in [0, 0.05) is 20.1 Å². The normalized spacial score (nSPS) is 17.2. The van der Waals surface area contributed by atoms with Gasteiger partial charge in [0.15, 0.2) is 0 Å². The zero-order valence-corrected chi connectivity index (χ0v) is 12.9. The van der Waals surface area contributed by atoms with Crippen LogP contribution < -0.4 is 10.6 Å². The molecule has 6 nitrogen and oxygen atoms in total. The smallest absolute Gasteiger partial charge is 0.234 e. The Hall–Kier alpha value is -1.14. The molecule has 0 aromatic heterocycles. The molecule has 0 unspecified atom stereocenters. The van der Waals surface area contributed by atoms with Crippen molar-refractivity contribution in [3.05, 3.63) is 0 Å². The molecule has 0 saturated carbocycles. The third kappa shape index (κ3) is 6.34. The molecule has 1 aliphatic rings. The second-order valence-electron chi connectivity index (χ2n) is 5.54. The van der Waals surface area contributed by atoms with Gasteiger partial charge in [0.2, 0.25) is 11.8 Å². The number of carbonyl (C=O) groups is 2. The predicted molar refractivity (Wildman–Crippen MR) is 79.4 cm³/mol. The topological polar surface area (TPSA) is 64.7 Å². The van der Waals surface area contributed by atoms with Gasteiger partial charge in [-0.3, -0.25) is 19.4 Å². The summed E-state index contributed by atoms with van der Waals surface area (Å²) in [4.78, 5) is 27.1. The molecular formula is C14H28N4O2. The lowest BCUT2D eigenvalue weighted by atomic mass is 9.96. The lowest BCUT2D eigenvalue weighted by molar-refractivity contribution is -0.123. The Balaban J connectivity index is 2.21. The van der Waals surface area contributed by atoms with Gasteiger partial charge in [0.1, 0.15) is 0 Å². The largest absolute Gasteiger partial charge is 0.358 e. The van der Waals surface area contributed by atoms with Crippen molar-refractivity contribution in [3.63, 3.8) is 0 Å². The van der Waals surface area contributed by atoms with E-state index in [4.69, 9.17) is 0 Å². The number of hydrogen-bond acceptors (Lipinski definition) is 4. The van der Waals surface area contributed by atoms with E-state index in [0.29, 0.717) is 25.6 Å². The molecular weight excluding hydrogens is 256 g/mol. The standard InChI is InChI=1S/C14H28N4O2/c1-4-16-14(20)10-17(3)9-12-5-7-18(8-6-12)11-13(19)15-2/h12H,4-11H2,1-3H3,(H,15,19)(H,16,20). The summed E-state index contributed by atoms with van der Waals surface area (Å²) < 4.78 is 0. The third-order valence-corrected chi connectivity index (χ3v) is 3.71. The maximum Gasteiger partial charge on any atom is 0.234 e. The second kappa shape index (κ2) is 8.92. The van der Waals surface area contributed by atoms with E-state index in [0.717, 1.165) is 32.5 Å². The highest BCUT2D eigenvalue weighted by atomic mass is 16.2. The van der Waals surface area contributed by atoms with Gasteiger partial charge in [-0.05, 0) is 45.8 Å². The number of carbonyl (C=O) groups excluding carboxylic acids is 2. The molecule has 2 N–H and O–H groups in total. The molecule has 6 heteroatoms. The SMILES string of the molecule is CCNC(=O)CN(C)CC1CCN(CC(=O)NC)CC1. The minimum atomic E-state index is 0.0804. The van der Waals surface area contributed by atoms with Crippen molar-refractivity contribution in [2.75, 3.05) is 53.4 Å². The fourth-order valence-electron chi connectivity index (χ4n) is 2.61. The molecule has 0 spiro atoms. The highest BCUT2D eigenvalue weighted by Gasteiger charge is 2.21. The number of amides is 2. The molecule has 2 amide bonds. The molecule has 1 rings (SSSR count).